The molecule has 0 fully saturated rings. The Labute approximate surface area is 99.2 Å². The Bertz CT molecular complexity index is 582. The lowest BCUT2D eigenvalue weighted by Gasteiger charge is -2.18. The fourth-order valence-electron chi connectivity index (χ4n) is 1.36. The van der Waals surface area contributed by atoms with Gasteiger partial charge in [0.15, 0.2) is 0 Å². The van der Waals surface area contributed by atoms with E-state index >= 15 is 0 Å². The van der Waals surface area contributed by atoms with E-state index in [9.17, 15) is 16.8 Å². The van der Waals surface area contributed by atoms with Gasteiger partial charge in [-0.1, -0.05) is 6.07 Å². The van der Waals surface area contributed by atoms with Crippen LogP contribution in [0.4, 0.5) is 5.69 Å². The Kier molecular flexibility index (Phi) is 3.48. The monoisotopic (exact) mass is 281 g/mol. The Balaban J connectivity index is 3.80. The van der Waals surface area contributed by atoms with Crippen LogP contribution >= 0.6 is 0 Å². The van der Waals surface area contributed by atoms with E-state index in [2.05, 4.69) is 0 Å². The van der Waals surface area contributed by atoms with Crippen molar-refractivity contribution in [2.75, 3.05) is 19.0 Å². The molecule has 0 aliphatic carbocycles. The number of para-hydroxylation sites is 1. The summed E-state index contributed by atoms with van der Waals surface area (Å²) >= 11 is 0. The van der Waals surface area contributed by atoms with Crippen molar-refractivity contribution in [1.29, 1.82) is 0 Å². The Morgan fingerprint density at radius 3 is 1.53 bits per heavy atom. The number of rotatable bonds is 3. The minimum Gasteiger partial charge on any atom is -0.375 e. The first kappa shape index (κ1) is 13.9. The van der Waals surface area contributed by atoms with Gasteiger partial charge < -0.3 is 4.90 Å². The molecule has 0 amide bonds. The maximum atomic E-state index is 11.1. The minimum absolute atomic E-state index is 0.294. The topological polar surface area (TPSA) is 112 Å². The maximum absolute atomic E-state index is 11.1. The third-order valence-corrected chi connectivity index (χ3v) is 3.74. The second-order valence-electron chi connectivity index (χ2n) is 3.45. The molecule has 0 aliphatic heterocycles. The summed E-state index contributed by atoms with van der Waals surface area (Å²) in [5.74, 6) is 0. The van der Waals surface area contributed by atoms with Crippen LogP contribution in [0.2, 0.25) is 0 Å². The van der Waals surface area contributed by atoms with Gasteiger partial charge in [-0.25, -0.2) is 0 Å². The lowest BCUT2D eigenvalue weighted by atomic mass is 10.3. The van der Waals surface area contributed by atoms with Crippen molar-refractivity contribution in [1.82, 2.24) is 0 Å². The third-order valence-electron chi connectivity index (χ3n) is 1.97. The molecule has 0 aliphatic rings. The summed E-state index contributed by atoms with van der Waals surface area (Å²) < 4.78 is 62.3. The molecule has 0 aromatic heterocycles. The number of anilines is 1. The van der Waals surface area contributed by atoms with Crippen LogP contribution in [-0.2, 0) is 20.2 Å². The first-order valence-electron chi connectivity index (χ1n) is 4.30. The zero-order valence-electron chi connectivity index (χ0n) is 9.02. The van der Waals surface area contributed by atoms with Gasteiger partial charge in [-0.15, -0.1) is 0 Å². The van der Waals surface area contributed by atoms with Crippen molar-refractivity contribution in [3.05, 3.63) is 18.2 Å². The molecule has 0 spiro atoms. The summed E-state index contributed by atoms with van der Waals surface area (Å²) in [6.45, 7) is 0. The highest BCUT2D eigenvalue weighted by molar-refractivity contribution is 7.87. The molecule has 96 valence electrons. The standard InChI is InChI=1S/C8H11NO6S2/c1-9(2)8-6(16(10,11)12)4-3-5-7(8)17(13,14)15/h3-5H,1-2H3,(H,10,11,12)(H,13,14,15). The Morgan fingerprint density at radius 1 is 0.941 bits per heavy atom. The number of nitrogens with zero attached hydrogens (tertiary/aromatic N) is 1. The van der Waals surface area contributed by atoms with E-state index in [1.165, 1.54) is 19.0 Å². The van der Waals surface area contributed by atoms with Gasteiger partial charge in [0.1, 0.15) is 9.79 Å². The molecule has 17 heavy (non-hydrogen) atoms. The first-order chi connectivity index (χ1) is 7.55. The van der Waals surface area contributed by atoms with E-state index in [0.717, 1.165) is 18.2 Å². The third kappa shape index (κ3) is 2.94. The smallest absolute Gasteiger partial charge is 0.296 e. The molecule has 0 unspecified atom stereocenters. The average Bonchev–Trinajstić information content (AvgIpc) is 2.13. The van der Waals surface area contributed by atoms with Gasteiger partial charge in [-0.2, -0.15) is 16.8 Å². The lowest BCUT2D eigenvalue weighted by molar-refractivity contribution is 0.481. The van der Waals surface area contributed by atoms with Gasteiger partial charge in [-0.3, -0.25) is 9.11 Å². The summed E-state index contributed by atoms with van der Waals surface area (Å²) in [4.78, 5) is 0.00176. The SMILES string of the molecule is CN(C)c1c(S(=O)(=O)O)cccc1S(=O)(=O)O. The molecule has 2 N–H and O–H groups in total. The summed E-state index contributed by atoms with van der Waals surface area (Å²) in [6.07, 6.45) is 0. The maximum Gasteiger partial charge on any atom is 0.296 e. The molecule has 1 aromatic carbocycles. The molecule has 0 saturated heterocycles. The number of hydrogen-bond donors (Lipinski definition) is 2. The van der Waals surface area contributed by atoms with Gasteiger partial charge in [0.05, 0.1) is 5.69 Å². The lowest BCUT2D eigenvalue weighted by Crippen LogP contribution is -2.17. The van der Waals surface area contributed by atoms with Gasteiger partial charge in [0, 0.05) is 14.1 Å². The molecule has 0 saturated carbocycles. The predicted octanol–water partition coefficient (Wildman–Crippen LogP) is 0.246. The molecule has 9 heteroatoms. The minimum atomic E-state index is -4.58. The van der Waals surface area contributed by atoms with Crippen LogP contribution in [0.15, 0.2) is 28.0 Å². The summed E-state index contributed by atoms with van der Waals surface area (Å²) in [5, 5.41) is 0. The van der Waals surface area contributed by atoms with Crippen LogP contribution in [0, 0.1) is 0 Å². The van der Waals surface area contributed by atoms with Crippen LogP contribution in [0.3, 0.4) is 0 Å². The average molecular weight is 281 g/mol. The number of benzene rings is 1. The fraction of sp³-hybridized carbons (Fsp3) is 0.250. The quantitative estimate of drug-likeness (QED) is 0.763. The van der Waals surface area contributed by atoms with Crippen LogP contribution in [-0.4, -0.2) is 40.0 Å². The first-order valence-corrected chi connectivity index (χ1v) is 7.18. The number of hydrogen-bond acceptors (Lipinski definition) is 5. The highest BCUT2D eigenvalue weighted by atomic mass is 32.2. The van der Waals surface area contributed by atoms with Crippen molar-refractivity contribution < 1.29 is 25.9 Å². The van der Waals surface area contributed by atoms with E-state index in [0.29, 0.717) is 0 Å². The van der Waals surface area contributed by atoms with Gasteiger partial charge in [0.25, 0.3) is 20.2 Å². The predicted molar refractivity (Wildman–Crippen MR) is 60.4 cm³/mol. The van der Waals surface area contributed by atoms with Crippen molar-refractivity contribution in [3.8, 4) is 0 Å². The van der Waals surface area contributed by atoms with Crippen LogP contribution < -0.4 is 4.90 Å². The molecular weight excluding hydrogens is 270 g/mol. The Morgan fingerprint density at radius 2 is 1.29 bits per heavy atom. The summed E-state index contributed by atoms with van der Waals surface area (Å²) in [6, 6.07) is 3.19. The normalized spacial score (nSPS) is 12.5. The van der Waals surface area contributed by atoms with Crippen molar-refractivity contribution in [2.24, 2.45) is 0 Å². The molecule has 0 heterocycles. The van der Waals surface area contributed by atoms with Crippen LogP contribution in [0.1, 0.15) is 0 Å². The van der Waals surface area contributed by atoms with E-state index in [-0.39, 0.29) is 5.69 Å². The largest absolute Gasteiger partial charge is 0.375 e. The summed E-state index contributed by atoms with van der Waals surface area (Å²) in [5.41, 5.74) is -0.294. The van der Waals surface area contributed by atoms with Gasteiger partial charge >= 0.3 is 0 Å². The van der Waals surface area contributed by atoms with Crippen LogP contribution in [0.25, 0.3) is 0 Å². The molecule has 0 atom stereocenters. The molecular formula is C8H11NO6S2. The highest BCUT2D eigenvalue weighted by Crippen LogP contribution is 2.30. The molecule has 0 bridgehead atoms. The van der Waals surface area contributed by atoms with Gasteiger partial charge in [0.2, 0.25) is 0 Å². The van der Waals surface area contributed by atoms with E-state index in [4.69, 9.17) is 9.11 Å². The fourth-order valence-corrected chi connectivity index (χ4v) is 3.00. The van der Waals surface area contributed by atoms with Crippen molar-refractivity contribution in [3.63, 3.8) is 0 Å². The van der Waals surface area contributed by atoms with Crippen molar-refractivity contribution >= 4 is 25.9 Å². The van der Waals surface area contributed by atoms with Gasteiger partial charge in [-0.05, 0) is 12.1 Å². The van der Waals surface area contributed by atoms with E-state index in [1.54, 1.807) is 0 Å². The molecule has 1 aromatic rings. The summed E-state index contributed by atoms with van der Waals surface area (Å²) in [7, 11) is -6.38. The zero-order valence-corrected chi connectivity index (χ0v) is 10.7. The van der Waals surface area contributed by atoms with E-state index in [1.807, 2.05) is 0 Å². The van der Waals surface area contributed by atoms with Crippen LogP contribution in [0.5, 0.6) is 0 Å². The molecule has 1 rings (SSSR count). The zero-order chi connectivity index (χ0) is 13.4. The van der Waals surface area contributed by atoms with Crippen molar-refractivity contribution in [2.45, 2.75) is 9.79 Å². The second-order valence-corrected chi connectivity index (χ2v) is 6.23. The second kappa shape index (κ2) is 4.26. The molecule has 7 nitrogen and oxygen atoms in total. The highest BCUT2D eigenvalue weighted by Gasteiger charge is 2.25. The Hall–Kier alpha value is -1.16. The van der Waals surface area contributed by atoms with E-state index < -0.39 is 30.0 Å². The molecule has 0 radical (unpaired) electrons.